The summed E-state index contributed by atoms with van der Waals surface area (Å²) in [5, 5.41) is 3.62. The first-order valence-corrected chi connectivity index (χ1v) is 11.6. The summed E-state index contributed by atoms with van der Waals surface area (Å²) in [5.74, 6) is 7.15. The van der Waals surface area contributed by atoms with Gasteiger partial charge in [0, 0.05) is 25.4 Å². The van der Waals surface area contributed by atoms with E-state index in [2.05, 4.69) is 32.1 Å². The van der Waals surface area contributed by atoms with E-state index < -0.39 is 11.7 Å². The molecule has 3 aromatic rings. The van der Waals surface area contributed by atoms with Gasteiger partial charge in [0.05, 0.1) is 30.3 Å². The molecule has 0 atom stereocenters. The van der Waals surface area contributed by atoms with Gasteiger partial charge in [-0.15, -0.1) is 0 Å². The van der Waals surface area contributed by atoms with Crippen molar-refractivity contribution in [1.29, 1.82) is 0 Å². The Labute approximate surface area is 210 Å². The molecule has 0 saturated heterocycles. The number of hydrogen-bond acceptors (Lipinski definition) is 7. The van der Waals surface area contributed by atoms with Gasteiger partial charge in [-0.05, 0) is 52.2 Å². The topological polar surface area (TPSA) is 117 Å². The lowest BCUT2D eigenvalue weighted by atomic mass is 10.1. The minimum atomic E-state index is -0.527. The smallest absolute Gasteiger partial charge is 0.407 e. The van der Waals surface area contributed by atoms with Crippen LogP contribution in [0.4, 0.5) is 10.7 Å². The van der Waals surface area contributed by atoms with Crippen LogP contribution in [0.3, 0.4) is 0 Å². The lowest BCUT2D eigenvalue weighted by Gasteiger charge is -2.19. The molecular formula is C25H31ClN6O3. The maximum atomic E-state index is 11.7. The highest BCUT2D eigenvalue weighted by Gasteiger charge is 2.17. The number of halogens is 1. The van der Waals surface area contributed by atoms with E-state index in [1.807, 2.05) is 51.6 Å². The predicted molar refractivity (Wildman–Crippen MR) is 137 cm³/mol. The zero-order valence-corrected chi connectivity index (χ0v) is 21.7. The SMILES string of the molecule is COc1c(C)ncc(Cn2cc(C#CCCCNC(=O)OC(C)(C)C)c3c(Cl)nc(N)nc32)c1C. The number of ether oxygens (including phenoxy) is 2. The van der Waals surface area contributed by atoms with Crippen molar-refractivity contribution in [2.45, 2.75) is 59.6 Å². The average molecular weight is 499 g/mol. The highest BCUT2D eigenvalue weighted by molar-refractivity contribution is 6.34. The molecule has 0 radical (unpaired) electrons. The van der Waals surface area contributed by atoms with Crippen molar-refractivity contribution >= 4 is 34.7 Å². The summed E-state index contributed by atoms with van der Waals surface area (Å²) in [6.07, 6.45) is 4.54. The van der Waals surface area contributed by atoms with Gasteiger partial charge in [-0.2, -0.15) is 4.98 Å². The maximum Gasteiger partial charge on any atom is 0.407 e. The number of fused-ring (bicyclic) bond motifs is 1. The van der Waals surface area contributed by atoms with Crippen molar-refractivity contribution in [2.75, 3.05) is 19.4 Å². The van der Waals surface area contributed by atoms with Crippen molar-refractivity contribution < 1.29 is 14.3 Å². The zero-order valence-electron chi connectivity index (χ0n) is 21.0. The number of nitrogens with one attached hydrogen (secondary N) is 1. The Morgan fingerprint density at radius 2 is 2.03 bits per heavy atom. The summed E-state index contributed by atoms with van der Waals surface area (Å²) in [6, 6.07) is 0. The summed E-state index contributed by atoms with van der Waals surface area (Å²) < 4.78 is 12.7. The molecule has 9 nitrogen and oxygen atoms in total. The maximum absolute atomic E-state index is 11.7. The van der Waals surface area contributed by atoms with Crippen molar-refractivity contribution in [3.63, 3.8) is 0 Å². The quantitative estimate of drug-likeness (QED) is 0.294. The fraction of sp³-hybridized carbons (Fsp3) is 0.440. The molecule has 0 fully saturated rings. The van der Waals surface area contributed by atoms with Crippen LogP contribution in [-0.2, 0) is 11.3 Å². The van der Waals surface area contributed by atoms with Crippen LogP contribution >= 0.6 is 11.6 Å². The fourth-order valence-corrected chi connectivity index (χ4v) is 3.88. The molecule has 35 heavy (non-hydrogen) atoms. The van der Waals surface area contributed by atoms with Gasteiger partial charge in [0.15, 0.2) is 0 Å². The largest absolute Gasteiger partial charge is 0.495 e. The molecule has 0 saturated carbocycles. The van der Waals surface area contributed by atoms with Gasteiger partial charge in [-0.3, -0.25) is 4.98 Å². The minimum absolute atomic E-state index is 0.0888. The number of aromatic nitrogens is 4. The average Bonchev–Trinajstić information content (AvgIpc) is 3.09. The molecule has 0 unspecified atom stereocenters. The number of unbranched alkanes of at least 4 members (excludes halogenated alkanes) is 1. The summed E-state index contributed by atoms with van der Waals surface area (Å²) in [6.45, 7) is 10.3. The van der Waals surface area contributed by atoms with Crippen LogP contribution in [0.2, 0.25) is 5.15 Å². The van der Waals surface area contributed by atoms with E-state index in [-0.39, 0.29) is 11.1 Å². The first kappa shape index (κ1) is 26.1. The molecule has 0 spiro atoms. The van der Waals surface area contributed by atoms with E-state index in [1.165, 1.54) is 0 Å². The van der Waals surface area contributed by atoms with Gasteiger partial charge in [0.2, 0.25) is 5.95 Å². The summed E-state index contributed by atoms with van der Waals surface area (Å²) in [4.78, 5) is 24.7. The number of hydrogen-bond donors (Lipinski definition) is 2. The Balaban J connectivity index is 1.80. The van der Waals surface area contributed by atoms with Crippen LogP contribution in [0.25, 0.3) is 11.0 Å². The number of amides is 1. The summed E-state index contributed by atoms with van der Waals surface area (Å²) >= 11 is 6.43. The number of aryl methyl sites for hydroxylation is 1. The lowest BCUT2D eigenvalue weighted by Crippen LogP contribution is -2.32. The minimum Gasteiger partial charge on any atom is -0.495 e. The van der Waals surface area contributed by atoms with Crippen LogP contribution in [0.1, 0.15) is 56.0 Å². The summed E-state index contributed by atoms with van der Waals surface area (Å²) in [5.41, 5.74) is 9.45. The Bertz CT molecular complexity index is 1300. The van der Waals surface area contributed by atoms with Crippen molar-refractivity contribution in [2.24, 2.45) is 0 Å². The van der Waals surface area contributed by atoms with Crippen molar-refractivity contribution in [1.82, 2.24) is 24.8 Å². The number of nitrogens with zero attached hydrogens (tertiary/aromatic N) is 4. The van der Waals surface area contributed by atoms with Gasteiger partial charge < -0.3 is 25.1 Å². The second-order valence-electron chi connectivity index (χ2n) is 9.10. The molecule has 0 aliphatic rings. The monoisotopic (exact) mass is 498 g/mol. The van der Waals surface area contributed by atoms with E-state index in [9.17, 15) is 4.79 Å². The second kappa shape index (κ2) is 10.8. The number of rotatable bonds is 6. The number of nitrogen functional groups attached to an aromatic ring is 1. The molecule has 3 heterocycles. The highest BCUT2D eigenvalue weighted by atomic mass is 35.5. The third-order valence-corrected chi connectivity index (χ3v) is 5.44. The molecule has 186 valence electrons. The normalized spacial score (nSPS) is 11.2. The molecule has 10 heteroatoms. The van der Waals surface area contributed by atoms with Gasteiger partial charge >= 0.3 is 6.09 Å². The van der Waals surface area contributed by atoms with Crippen LogP contribution in [0, 0.1) is 25.7 Å². The predicted octanol–water partition coefficient (Wildman–Crippen LogP) is 4.39. The first-order chi connectivity index (χ1) is 16.5. The third kappa shape index (κ3) is 6.55. The van der Waals surface area contributed by atoms with Crippen molar-refractivity contribution in [3.05, 3.63) is 39.9 Å². The van der Waals surface area contributed by atoms with Crippen LogP contribution in [-0.4, -0.2) is 44.9 Å². The lowest BCUT2D eigenvalue weighted by molar-refractivity contribution is 0.0527. The zero-order chi connectivity index (χ0) is 25.8. The third-order valence-electron chi connectivity index (χ3n) is 5.17. The number of pyridine rings is 1. The molecule has 0 aliphatic heterocycles. The van der Waals surface area contributed by atoms with E-state index in [0.29, 0.717) is 42.5 Å². The van der Waals surface area contributed by atoms with Crippen LogP contribution in [0.15, 0.2) is 12.4 Å². The fourth-order valence-electron chi connectivity index (χ4n) is 3.60. The summed E-state index contributed by atoms with van der Waals surface area (Å²) in [7, 11) is 1.64. The van der Waals surface area contributed by atoms with E-state index in [4.69, 9.17) is 26.8 Å². The van der Waals surface area contributed by atoms with Gasteiger partial charge in [0.1, 0.15) is 22.2 Å². The number of methoxy groups -OCH3 is 1. The number of carbonyl (C=O) groups is 1. The Kier molecular flexibility index (Phi) is 8.07. The Morgan fingerprint density at radius 1 is 1.29 bits per heavy atom. The van der Waals surface area contributed by atoms with Gasteiger partial charge in [-0.1, -0.05) is 23.4 Å². The van der Waals surface area contributed by atoms with E-state index in [1.54, 1.807) is 7.11 Å². The molecule has 0 bridgehead atoms. The van der Waals surface area contributed by atoms with Crippen molar-refractivity contribution in [3.8, 4) is 17.6 Å². The molecule has 1 amide bonds. The van der Waals surface area contributed by atoms with Crippen LogP contribution in [0.5, 0.6) is 5.75 Å². The molecule has 0 aliphatic carbocycles. The number of anilines is 1. The molecule has 0 aromatic carbocycles. The standard InChI is InChI=1S/C25H31ClN6O3/c1-15-18(12-29-16(2)20(15)34-6)14-32-13-17(19-21(26)30-23(27)31-22(19)32)10-8-7-9-11-28-24(33)35-25(3,4)5/h12-13H,7,9,11,14H2,1-6H3,(H,28,33)(H2,27,30,31). The van der Waals surface area contributed by atoms with Crippen LogP contribution < -0.4 is 15.8 Å². The van der Waals surface area contributed by atoms with E-state index in [0.717, 1.165) is 22.6 Å². The first-order valence-electron chi connectivity index (χ1n) is 11.3. The van der Waals surface area contributed by atoms with Gasteiger partial charge in [-0.25, -0.2) is 9.78 Å². The number of alkyl carbamates (subject to hydrolysis) is 1. The highest BCUT2D eigenvalue weighted by Crippen LogP contribution is 2.29. The number of nitrogens with two attached hydrogens (primary N) is 1. The van der Waals surface area contributed by atoms with E-state index >= 15 is 0 Å². The number of carbonyl (C=O) groups excluding carboxylic acids is 1. The molecular weight excluding hydrogens is 468 g/mol. The second-order valence-corrected chi connectivity index (χ2v) is 9.46. The molecule has 3 aromatic heterocycles. The molecule has 3 rings (SSSR count). The van der Waals surface area contributed by atoms with Gasteiger partial charge in [0.25, 0.3) is 0 Å². The molecule has 3 N–H and O–H groups in total. The Hall–Kier alpha value is -3.51. The Morgan fingerprint density at radius 3 is 2.71 bits per heavy atom.